The molecule has 17 heavy (non-hydrogen) atoms. The van der Waals surface area contributed by atoms with Gasteiger partial charge < -0.3 is 0 Å². The molecule has 0 aromatic heterocycles. The van der Waals surface area contributed by atoms with Gasteiger partial charge in [0.05, 0.1) is 0 Å². The summed E-state index contributed by atoms with van der Waals surface area (Å²) in [6.45, 7) is 9.65. The first-order chi connectivity index (χ1) is 7.91. The molecule has 0 saturated heterocycles. The molecule has 0 bridgehead atoms. The van der Waals surface area contributed by atoms with Crippen LogP contribution in [-0.2, 0) is 9.59 Å². The molecule has 2 nitrogen and oxygen atoms in total. The first-order valence-corrected chi connectivity index (χ1v) is 6.03. The third-order valence-corrected chi connectivity index (χ3v) is 4.02. The van der Waals surface area contributed by atoms with E-state index in [-0.39, 0.29) is 17.5 Å². The summed E-state index contributed by atoms with van der Waals surface area (Å²) in [5.74, 6) is 0.529. The van der Waals surface area contributed by atoms with Gasteiger partial charge in [0.1, 0.15) is 0 Å². The van der Waals surface area contributed by atoms with Gasteiger partial charge in [0.25, 0.3) is 0 Å². The van der Waals surface area contributed by atoms with E-state index >= 15 is 0 Å². The monoisotopic (exact) mass is 230 g/mol. The Bertz CT molecular complexity index is 489. The maximum absolute atomic E-state index is 12.1. The van der Waals surface area contributed by atoms with Crippen LogP contribution in [0.15, 0.2) is 34.4 Å². The van der Waals surface area contributed by atoms with Crippen LogP contribution in [0.3, 0.4) is 0 Å². The van der Waals surface area contributed by atoms with E-state index in [2.05, 4.69) is 6.58 Å². The topological polar surface area (TPSA) is 34.1 Å². The molecule has 2 aliphatic carbocycles. The molecule has 0 fully saturated rings. The lowest BCUT2D eigenvalue weighted by Gasteiger charge is -2.14. The molecule has 0 heterocycles. The minimum atomic E-state index is 0.171. The Kier molecular flexibility index (Phi) is 2.90. The van der Waals surface area contributed by atoms with Crippen molar-refractivity contribution >= 4 is 11.6 Å². The van der Waals surface area contributed by atoms with Crippen molar-refractivity contribution in [2.75, 3.05) is 0 Å². The van der Waals surface area contributed by atoms with Crippen LogP contribution in [0.4, 0.5) is 0 Å². The van der Waals surface area contributed by atoms with E-state index in [0.717, 1.165) is 34.3 Å². The Labute approximate surface area is 102 Å². The normalized spacial score (nSPS) is 25.2. The number of allylic oxidation sites excluding steroid dienone is 5. The fourth-order valence-corrected chi connectivity index (χ4v) is 2.64. The van der Waals surface area contributed by atoms with Crippen molar-refractivity contribution in [1.29, 1.82) is 0 Å². The van der Waals surface area contributed by atoms with E-state index in [1.54, 1.807) is 0 Å². The van der Waals surface area contributed by atoms with Gasteiger partial charge in [0.15, 0.2) is 11.6 Å². The Morgan fingerprint density at radius 2 is 1.65 bits per heavy atom. The van der Waals surface area contributed by atoms with Gasteiger partial charge in [-0.05, 0) is 55.4 Å². The molecule has 0 spiro atoms. The number of Topliss-reactive ketones (excluding diaryl/α,β-unsaturated/α-hetero) is 2. The maximum Gasteiger partial charge on any atom is 0.163 e. The minimum absolute atomic E-state index is 0.171. The lowest BCUT2D eigenvalue weighted by atomic mass is 9.90. The quantitative estimate of drug-likeness (QED) is 0.648. The summed E-state index contributed by atoms with van der Waals surface area (Å²) in [7, 11) is 0. The number of fused-ring (bicyclic) bond motifs is 1. The summed E-state index contributed by atoms with van der Waals surface area (Å²) in [5.41, 5.74) is 4.76. The predicted molar refractivity (Wildman–Crippen MR) is 67.6 cm³/mol. The molecular formula is C15H18O2. The Hall–Kier alpha value is -1.44. The van der Waals surface area contributed by atoms with Crippen molar-refractivity contribution in [2.24, 2.45) is 5.92 Å². The zero-order valence-electron chi connectivity index (χ0n) is 10.7. The van der Waals surface area contributed by atoms with Gasteiger partial charge in [-0.15, -0.1) is 0 Å². The van der Waals surface area contributed by atoms with E-state index in [0.29, 0.717) is 12.8 Å². The highest BCUT2D eigenvalue weighted by Gasteiger charge is 2.32. The predicted octanol–water partition coefficient (Wildman–Crippen LogP) is 3.15. The number of ketones is 2. The summed E-state index contributed by atoms with van der Waals surface area (Å²) < 4.78 is 0. The highest BCUT2D eigenvalue weighted by Crippen LogP contribution is 2.40. The number of hydrogen-bond acceptors (Lipinski definition) is 2. The van der Waals surface area contributed by atoms with Crippen LogP contribution in [0.1, 0.15) is 40.0 Å². The molecule has 2 aliphatic rings. The highest BCUT2D eigenvalue weighted by atomic mass is 16.1. The molecule has 0 N–H and O–H groups in total. The molecule has 0 aromatic carbocycles. The van der Waals surface area contributed by atoms with E-state index in [1.165, 1.54) is 0 Å². The molecule has 2 rings (SSSR count). The van der Waals surface area contributed by atoms with Crippen LogP contribution in [0.5, 0.6) is 0 Å². The van der Waals surface area contributed by atoms with Crippen LogP contribution < -0.4 is 0 Å². The van der Waals surface area contributed by atoms with E-state index in [1.807, 2.05) is 20.8 Å². The lowest BCUT2D eigenvalue weighted by Crippen LogP contribution is -2.08. The Balaban J connectivity index is 2.51. The molecule has 0 radical (unpaired) electrons. The van der Waals surface area contributed by atoms with Crippen LogP contribution in [-0.4, -0.2) is 11.6 Å². The fraction of sp³-hybridized carbons (Fsp3) is 0.467. The summed E-state index contributed by atoms with van der Waals surface area (Å²) >= 11 is 0. The van der Waals surface area contributed by atoms with E-state index < -0.39 is 0 Å². The van der Waals surface area contributed by atoms with Crippen molar-refractivity contribution < 1.29 is 9.59 Å². The number of carbonyl (C=O) groups is 2. The molecule has 0 saturated carbocycles. The van der Waals surface area contributed by atoms with Crippen molar-refractivity contribution in [1.82, 2.24) is 0 Å². The molecule has 0 amide bonds. The van der Waals surface area contributed by atoms with Gasteiger partial charge in [0.2, 0.25) is 0 Å². The molecule has 90 valence electrons. The van der Waals surface area contributed by atoms with E-state index in [4.69, 9.17) is 0 Å². The first kappa shape index (κ1) is 12.0. The molecule has 1 atom stereocenters. The smallest absolute Gasteiger partial charge is 0.163 e. The molecule has 0 aromatic rings. The van der Waals surface area contributed by atoms with Crippen molar-refractivity contribution in [3.63, 3.8) is 0 Å². The molecule has 1 unspecified atom stereocenters. The fourth-order valence-electron chi connectivity index (χ4n) is 2.64. The number of carbonyl (C=O) groups excluding carboxylic acids is 2. The Morgan fingerprint density at radius 1 is 1.06 bits per heavy atom. The third kappa shape index (κ3) is 1.92. The molecular weight excluding hydrogens is 212 g/mol. The molecule has 0 aliphatic heterocycles. The third-order valence-electron chi connectivity index (χ3n) is 4.02. The second-order valence-corrected chi connectivity index (χ2v) is 5.18. The van der Waals surface area contributed by atoms with Crippen molar-refractivity contribution in [3.05, 3.63) is 34.4 Å². The second-order valence-electron chi connectivity index (χ2n) is 5.18. The van der Waals surface area contributed by atoms with Gasteiger partial charge in [-0.2, -0.15) is 0 Å². The number of hydrogen-bond donors (Lipinski definition) is 0. The minimum Gasteiger partial charge on any atom is -0.295 e. The lowest BCUT2D eigenvalue weighted by molar-refractivity contribution is -0.116. The van der Waals surface area contributed by atoms with Crippen LogP contribution in [0.2, 0.25) is 0 Å². The van der Waals surface area contributed by atoms with Crippen LogP contribution in [0, 0.1) is 5.92 Å². The average molecular weight is 230 g/mol. The SMILES string of the molecule is C=C(C)C1CC(=O)C(C)=C2CC(=O)C(C)=C2C1. The summed E-state index contributed by atoms with van der Waals surface area (Å²) in [5, 5.41) is 0. The van der Waals surface area contributed by atoms with Gasteiger partial charge in [0, 0.05) is 12.8 Å². The van der Waals surface area contributed by atoms with E-state index in [9.17, 15) is 9.59 Å². The van der Waals surface area contributed by atoms with Gasteiger partial charge in [-0.25, -0.2) is 0 Å². The summed E-state index contributed by atoms with van der Waals surface area (Å²) in [4.78, 5) is 23.8. The first-order valence-electron chi connectivity index (χ1n) is 6.03. The average Bonchev–Trinajstić information content (AvgIpc) is 2.47. The maximum atomic E-state index is 12.1. The largest absolute Gasteiger partial charge is 0.295 e. The highest BCUT2D eigenvalue weighted by molar-refractivity contribution is 6.06. The van der Waals surface area contributed by atoms with Crippen LogP contribution in [0.25, 0.3) is 0 Å². The van der Waals surface area contributed by atoms with Crippen molar-refractivity contribution in [3.8, 4) is 0 Å². The molecule has 2 heteroatoms. The summed E-state index contributed by atoms with van der Waals surface area (Å²) in [6, 6.07) is 0. The van der Waals surface area contributed by atoms with Gasteiger partial charge in [-0.3, -0.25) is 9.59 Å². The second kappa shape index (κ2) is 4.10. The summed E-state index contributed by atoms with van der Waals surface area (Å²) in [6.07, 6.45) is 1.75. The zero-order chi connectivity index (χ0) is 12.7. The van der Waals surface area contributed by atoms with Crippen LogP contribution >= 0.6 is 0 Å². The number of rotatable bonds is 1. The Morgan fingerprint density at radius 3 is 2.24 bits per heavy atom. The standard InChI is InChI=1S/C15H18O2/c1-8(2)11-5-12-9(3)15(17)7-13(12)10(4)14(16)6-11/h11H,1,5-7H2,2-4H3. The van der Waals surface area contributed by atoms with Crippen molar-refractivity contribution in [2.45, 2.75) is 40.0 Å². The van der Waals surface area contributed by atoms with Gasteiger partial charge in [-0.1, -0.05) is 12.2 Å². The van der Waals surface area contributed by atoms with Gasteiger partial charge >= 0.3 is 0 Å². The zero-order valence-corrected chi connectivity index (χ0v) is 10.7.